The highest BCUT2D eigenvalue weighted by Gasteiger charge is 2.22. The first-order valence-electron chi connectivity index (χ1n) is 6.80. The van der Waals surface area contributed by atoms with E-state index in [1.807, 2.05) is 18.2 Å². The third-order valence-electron chi connectivity index (χ3n) is 3.74. The number of nitrogens with two attached hydrogens (primary N) is 1. The van der Waals surface area contributed by atoms with Crippen LogP contribution in [0.15, 0.2) is 27.8 Å². The van der Waals surface area contributed by atoms with Crippen molar-refractivity contribution in [3.63, 3.8) is 0 Å². The molecule has 0 aliphatic carbocycles. The normalized spacial score (nSPS) is 17.8. The quantitative estimate of drug-likeness (QED) is 0.382. The van der Waals surface area contributed by atoms with Crippen molar-refractivity contribution in [2.45, 2.75) is 19.9 Å². The van der Waals surface area contributed by atoms with E-state index in [-0.39, 0.29) is 5.84 Å². The molecule has 1 aliphatic rings. The maximum Gasteiger partial charge on any atom is 0.173 e. The summed E-state index contributed by atoms with van der Waals surface area (Å²) >= 11 is 3.48. The zero-order valence-electron chi connectivity index (χ0n) is 11.9. The summed E-state index contributed by atoms with van der Waals surface area (Å²) in [6.07, 6.45) is 0. The van der Waals surface area contributed by atoms with E-state index >= 15 is 0 Å². The molecule has 0 bridgehead atoms. The number of halogens is 1. The molecule has 0 aromatic heterocycles. The van der Waals surface area contributed by atoms with Gasteiger partial charge in [-0.2, -0.15) is 0 Å². The number of hydrogen-bond acceptors (Lipinski definition) is 4. The van der Waals surface area contributed by atoms with Crippen LogP contribution >= 0.6 is 15.9 Å². The Bertz CT molecular complexity index is 496. The number of benzene rings is 1. The summed E-state index contributed by atoms with van der Waals surface area (Å²) < 4.78 is 0.844. The van der Waals surface area contributed by atoms with Crippen LogP contribution in [0, 0.1) is 0 Å². The summed E-state index contributed by atoms with van der Waals surface area (Å²) in [7, 11) is 0. The Hall–Kier alpha value is -1.27. The lowest BCUT2D eigenvalue weighted by molar-refractivity contribution is 0.209. The zero-order valence-corrected chi connectivity index (χ0v) is 13.5. The fourth-order valence-corrected chi connectivity index (χ4v) is 3.12. The van der Waals surface area contributed by atoms with Crippen LogP contribution in [0.25, 0.3) is 0 Å². The minimum Gasteiger partial charge on any atom is -0.409 e. The zero-order chi connectivity index (χ0) is 14.7. The van der Waals surface area contributed by atoms with Crippen molar-refractivity contribution < 1.29 is 5.21 Å². The first kappa shape index (κ1) is 15.1. The van der Waals surface area contributed by atoms with E-state index in [9.17, 15) is 0 Å². The Balaban J connectivity index is 2.24. The van der Waals surface area contributed by atoms with Crippen molar-refractivity contribution in [3.05, 3.63) is 28.2 Å². The Morgan fingerprint density at radius 3 is 2.50 bits per heavy atom. The van der Waals surface area contributed by atoms with Crippen LogP contribution in [0.2, 0.25) is 0 Å². The molecule has 0 radical (unpaired) electrons. The maximum absolute atomic E-state index is 8.97. The van der Waals surface area contributed by atoms with Gasteiger partial charge in [-0.25, -0.2) is 0 Å². The molecule has 20 heavy (non-hydrogen) atoms. The van der Waals surface area contributed by atoms with E-state index in [0.717, 1.165) is 41.9 Å². The first-order chi connectivity index (χ1) is 9.54. The molecule has 0 amide bonds. The van der Waals surface area contributed by atoms with Crippen molar-refractivity contribution in [1.29, 1.82) is 0 Å². The van der Waals surface area contributed by atoms with Gasteiger partial charge in [0.1, 0.15) is 0 Å². The Morgan fingerprint density at radius 1 is 1.30 bits per heavy atom. The van der Waals surface area contributed by atoms with Crippen LogP contribution in [0.3, 0.4) is 0 Å². The van der Waals surface area contributed by atoms with E-state index in [1.165, 1.54) is 0 Å². The molecule has 5 nitrogen and oxygen atoms in total. The lowest BCUT2D eigenvalue weighted by atomic mass is 10.1. The van der Waals surface area contributed by atoms with Gasteiger partial charge in [-0.1, -0.05) is 11.2 Å². The van der Waals surface area contributed by atoms with Crippen LogP contribution in [0.4, 0.5) is 5.69 Å². The topological polar surface area (TPSA) is 65.1 Å². The first-order valence-corrected chi connectivity index (χ1v) is 7.59. The third-order valence-corrected chi connectivity index (χ3v) is 4.40. The Labute approximate surface area is 128 Å². The lowest BCUT2D eigenvalue weighted by Gasteiger charge is -2.38. The van der Waals surface area contributed by atoms with E-state index in [4.69, 9.17) is 10.9 Å². The number of amidine groups is 1. The van der Waals surface area contributed by atoms with Gasteiger partial charge in [-0.15, -0.1) is 0 Å². The average molecular weight is 341 g/mol. The second-order valence-corrected chi connectivity index (χ2v) is 6.09. The van der Waals surface area contributed by atoms with Gasteiger partial charge >= 0.3 is 0 Å². The highest BCUT2D eigenvalue weighted by molar-refractivity contribution is 9.10. The molecule has 1 aliphatic heterocycles. The molecule has 0 spiro atoms. The fraction of sp³-hybridized carbons (Fsp3) is 0.500. The highest BCUT2D eigenvalue weighted by atomic mass is 79.9. The summed E-state index contributed by atoms with van der Waals surface area (Å²) in [6, 6.07) is 6.47. The molecular weight excluding hydrogens is 320 g/mol. The van der Waals surface area contributed by atoms with Gasteiger partial charge in [-0.3, -0.25) is 4.90 Å². The number of oxime groups is 1. The molecule has 110 valence electrons. The van der Waals surface area contributed by atoms with E-state index in [0.29, 0.717) is 6.04 Å². The monoisotopic (exact) mass is 340 g/mol. The van der Waals surface area contributed by atoms with Gasteiger partial charge in [0.2, 0.25) is 0 Å². The lowest BCUT2D eigenvalue weighted by Crippen LogP contribution is -2.49. The minimum absolute atomic E-state index is 0.138. The number of anilines is 1. The number of hydrogen-bond donors (Lipinski definition) is 2. The van der Waals surface area contributed by atoms with Gasteiger partial charge in [0, 0.05) is 42.4 Å². The molecular formula is C14H21BrN4O. The van der Waals surface area contributed by atoms with Crippen molar-refractivity contribution in [2.75, 3.05) is 31.1 Å². The van der Waals surface area contributed by atoms with Crippen LogP contribution < -0.4 is 10.6 Å². The fourth-order valence-electron chi connectivity index (χ4n) is 2.56. The van der Waals surface area contributed by atoms with Crippen LogP contribution in [-0.4, -0.2) is 48.2 Å². The molecule has 1 aromatic rings. The molecule has 1 saturated heterocycles. The van der Waals surface area contributed by atoms with Gasteiger partial charge < -0.3 is 15.8 Å². The van der Waals surface area contributed by atoms with Crippen LogP contribution in [0.1, 0.15) is 19.4 Å². The van der Waals surface area contributed by atoms with Crippen LogP contribution in [-0.2, 0) is 0 Å². The predicted molar refractivity (Wildman–Crippen MR) is 85.6 cm³/mol. The van der Waals surface area contributed by atoms with E-state index in [2.05, 4.69) is 44.7 Å². The molecule has 6 heteroatoms. The number of rotatable bonds is 3. The standard InChI is InChI=1S/C14H21BrN4O/c1-10(2)18-6-8-19(9-7-18)12-5-3-4-11(15)13(12)14(16)17-20/h3-5,10,20H,6-9H2,1-2H3,(H2,16,17). The second-order valence-electron chi connectivity index (χ2n) is 5.24. The molecule has 1 aromatic carbocycles. The Morgan fingerprint density at radius 2 is 1.95 bits per heavy atom. The third kappa shape index (κ3) is 3.07. The Kier molecular flexibility index (Phi) is 4.88. The minimum atomic E-state index is 0.138. The summed E-state index contributed by atoms with van der Waals surface area (Å²) in [6.45, 7) is 8.38. The average Bonchev–Trinajstić information content (AvgIpc) is 2.46. The van der Waals surface area contributed by atoms with Crippen LogP contribution in [0.5, 0.6) is 0 Å². The van der Waals surface area contributed by atoms with E-state index in [1.54, 1.807) is 0 Å². The molecule has 1 heterocycles. The van der Waals surface area contributed by atoms with Gasteiger partial charge in [-0.05, 0) is 41.9 Å². The molecule has 0 atom stereocenters. The summed E-state index contributed by atoms with van der Waals surface area (Å²) in [5.74, 6) is 0.138. The van der Waals surface area contributed by atoms with Gasteiger partial charge in [0.25, 0.3) is 0 Å². The molecule has 3 N–H and O–H groups in total. The largest absolute Gasteiger partial charge is 0.409 e. The summed E-state index contributed by atoms with van der Waals surface area (Å²) in [5, 5.41) is 12.1. The van der Waals surface area contributed by atoms with Gasteiger partial charge in [0.05, 0.1) is 5.56 Å². The SMILES string of the molecule is CC(C)N1CCN(c2cccc(Br)c2/C(N)=N/O)CC1. The maximum atomic E-state index is 8.97. The number of piperazine rings is 1. The summed E-state index contributed by atoms with van der Waals surface area (Å²) in [5.41, 5.74) is 7.58. The summed E-state index contributed by atoms with van der Waals surface area (Å²) in [4.78, 5) is 4.74. The molecule has 2 rings (SSSR count). The predicted octanol–water partition coefficient (Wildman–Crippen LogP) is 2.07. The van der Waals surface area contributed by atoms with Crippen molar-refractivity contribution >= 4 is 27.5 Å². The second kappa shape index (κ2) is 6.45. The highest BCUT2D eigenvalue weighted by Crippen LogP contribution is 2.28. The molecule has 0 saturated carbocycles. The van der Waals surface area contributed by atoms with Crippen molar-refractivity contribution in [3.8, 4) is 0 Å². The molecule has 1 fully saturated rings. The molecule has 0 unspecified atom stereocenters. The van der Waals surface area contributed by atoms with Crippen molar-refractivity contribution in [1.82, 2.24) is 4.90 Å². The van der Waals surface area contributed by atoms with E-state index < -0.39 is 0 Å². The smallest absolute Gasteiger partial charge is 0.173 e. The number of nitrogens with zero attached hydrogens (tertiary/aromatic N) is 3. The van der Waals surface area contributed by atoms with Gasteiger partial charge in [0.15, 0.2) is 5.84 Å². The van der Waals surface area contributed by atoms with Crippen molar-refractivity contribution in [2.24, 2.45) is 10.9 Å².